The molecule has 2 N–H and O–H groups in total. The molecule has 0 spiro atoms. The summed E-state index contributed by atoms with van der Waals surface area (Å²) in [4.78, 5) is 0. The molecule has 0 amide bonds. The number of hydrogen-bond acceptors (Lipinski definition) is 3. The summed E-state index contributed by atoms with van der Waals surface area (Å²) in [6, 6.07) is 10.1. The van der Waals surface area contributed by atoms with E-state index in [-0.39, 0.29) is 23.4 Å². The summed E-state index contributed by atoms with van der Waals surface area (Å²) in [5, 5.41) is 13.0. The zero-order chi connectivity index (χ0) is 14.1. The summed E-state index contributed by atoms with van der Waals surface area (Å²) >= 11 is 0. The van der Waals surface area contributed by atoms with Crippen LogP contribution in [0.2, 0.25) is 0 Å². The van der Waals surface area contributed by atoms with Gasteiger partial charge in [-0.05, 0) is 35.7 Å². The van der Waals surface area contributed by atoms with Crippen LogP contribution >= 0.6 is 0 Å². The standard InChI is InChI=1S/C16H16FNO2/c1-20-14-4-2-3-12(15(14)17)16-13-9-11(19)6-5-10(13)7-8-18-16/h2-6,9,16,18-19H,7-8H2,1H3. The average molecular weight is 273 g/mol. The van der Waals surface area contributed by atoms with E-state index in [1.54, 1.807) is 30.3 Å². The number of fused-ring (bicyclic) bond motifs is 1. The van der Waals surface area contributed by atoms with Gasteiger partial charge in [-0.1, -0.05) is 18.2 Å². The lowest BCUT2D eigenvalue weighted by Gasteiger charge is -2.28. The van der Waals surface area contributed by atoms with Crippen molar-refractivity contribution in [1.29, 1.82) is 0 Å². The minimum absolute atomic E-state index is 0.195. The summed E-state index contributed by atoms with van der Waals surface area (Å²) < 4.78 is 19.5. The van der Waals surface area contributed by atoms with Gasteiger partial charge in [-0.25, -0.2) is 4.39 Å². The van der Waals surface area contributed by atoms with Gasteiger partial charge in [-0.2, -0.15) is 0 Å². The van der Waals surface area contributed by atoms with Gasteiger partial charge in [0.2, 0.25) is 0 Å². The Hall–Kier alpha value is -2.07. The highest BCUT2D eigenvalue weighted by atomic mass is 19.1. The second kappa shape index (κ2) is 5.13. The molecule has 0 aromatic heterocycles. The molecule has 1 aliphatic heterocycles. The Bertz CT molecular complexity index is 642. The summed E-state index contributed by atoms with van der Waals surface area (Å²) in [7, 11) is 1.45. The highest BCUT2D eigenvalue weighted by molar-refractivity contribution is 5.45. The van der Waals surface area contributed by atoms with Crippen LogP contribution < -0.4 is 10.1 Å². The number of halogens is 1. The molecule has 1 heterocycles. The Morgan fingerprint density at radius 2 is 2.10 bits per heavy atom. The molecule has 3 rings (SSSR count). The van der Waals surface area contributed by atoms with E-state index >= 15 is 0 Å². The molecule has 104 valence electrons. The molecule has 20 heavy (non-hydrogen) atoms. The minimum atomic E-state index is -0.358. The highest BCUT2D eigenvalue weighted by Gasteiger charge is 2.25. The molecule has 0 fully saturated rings. The molecule has 1 atom stereocenters. The fraction of sp³-hybridized carbons (Fsp3) is 0.250. The van der Waals surface area contributed by atoms with E-state index in [0.717, 1.165) is 24.1 Å². The van der Waals surface area contributed by atoms with Crippen LogP contribution in [0.25, 0.3) is 0 Å². The van der Waals surface area contributed by atoms with Crippen molar-refractivity contribution in [2.24, 2.45) is 0 Å². The minimum Gasteiger partial charge on any atom is -0.508 e. The zero-order valence-electron chi connectivity index (χ0n) is 11.2. The second-order valence-corrected chi connectivity index (χ2v) is 4.88. The van der Waals surface area contributed by atoms with E-state index < -0.39 is 0 Å². The zero-order valence-corrected chi connectivity index (χ0v) is 11.2. The van der Waals surface area contributed by atoms with Crippen LogP contribution in [0.5, 0.6) is 11.5 Å². The number of phenols is 1. The fourth-order valence-corrected chi connectivity index (χ4v) is 2.73. The Balaban J connectivity index is 2.11. The van der Waals surface area contributed by atoms with Gasteiger partial charge in [0.05, 0.1) is 13.2 Å². The first-order chi connectivity index (χ1) is 9.70. The lowest BCUT2D eigenvalue weighted by molar-refractivity contribution is 0.381. The fourth-order valence-electron chi connectivity index (χ4n) is 2.73. The number of benzene rings is 2. The monoisotopic (exact) mass is 273 g/mol. The molecule has 2 aromatic carbocycles. The molecule has 0 radical (unpaired) electrons. The topological polar surface area (TPSA) is 41.5 Å². The number of nitrogens with one attached hydrogen (secondary N) is 1. The van der Waals surface area contributed by atoms with Crippen LogP contribution in [0.1, 0.15) is 22.7 Å². The Morgan fingerprint density at radius 1 is 1.25 bits per heavy atom. The summed E-state index contributed by atoms with van der Waals surface area (Å²) in [5.74, 6) is 0.0704. The van der Waals surface area contributed by atoms with Gasteiger partial charge >= 0.3 is 0 Å². The van der Waals surface area contributed by atoms with Gasteiger partial charge in [-0.15, -0.1) is 0 Å². The van der Waals surface area contributed by atoms with Crippen LogP contribution in [-0.2, 0) is 6.42 Å². The van der Waals surface area contributed by atoms with Crippen molar-refractivity contribution in [2.45, 2.75) is 12.5 Å². The van der Waals surface area contributed by atoms with Crippen molar-refractivity contribution in [1.82, 2.24) is 5.32 Å². The molecule has 2 aromatic rings. The van der Waals surface area contributed by atoms with Gasteiger partial charge in [-0.3, -0.25) is 0 Å². The third kappa shape index (κ3) is 2.12. The molecular formula is C16H16FNO2. The molecule has 1 aliphatic rings. The van der Waals surface area contributed by atoms with E-state index in [1.165, 1.54) is 7.11 Å². The van der Waals surface area contributed by atoms with Crippen LogP contribution in [0.15, 0.2) is 36.4 Å². The van der Waals surface area contributed by atoms with Crippen molar-refractivity contribution in [3.63, 3.8) is 0 Å². The van der Waals surface area contributed by atoms with Crippen molar-refractivity contribution >= 4 is 0 Å². The largest absolute Gasteiger partial charge is 0.508 e. The molecule has 0 saturated heterocycles. The van der Waals surface area contributed by atoms with E-state index in [9.17, 15) is 9.50 Å². The first kappa shape index (κ1) is 12.9. The number of phenolic OH excluding ortho intramolecular Hbond substituents is 1. The quantitative estimate of drug-likeness (QED) is 0.884. The molecule has 0 bridgehead atoms. The van der Waals surface area contributed by atoms with Gasteiger partial charge < -0.3 is 15.2 Å². The maximum Gasteiger partial charge on any atom is 0.170 e. The SMILES string of the molecule is COc1cccc(C2NCCc3ccc(O)cc32)c1F. The molecule has 0 aliphatic carbocycles. The van der Waals surface area contributed by atoms with Crippen molar-refractivity contribution in [3.8, 4) is 11.5 Å². The number of methoxy groups -OCH3 is 1. The highest BCUT2D eigenvalue weighted by Crippen LogP contribution is 2.34. The Kier molecular flexibility index (Phi) is 3.32. The predicted octanol–water partition coefficient (Wildman–Crippen LogP) is 2.78. The molecule has 0 saturated carbocycles. The maximum absolute atomic E-state index is 14.4. The number of aromatic hydroxyl groups is 1. The van der Waals surface area contributed by atoms with Crippen molar-refractivity contribution in [3.05, 3.63) is 58.9 Å². The van der Waals surface area contributed by atoms with Crippen LogP contribution in [0.4, 0.5) is 4.39 Å². The molecular weight excluding hydrogens is 257 g/mol. The van der Waals surface area contributed by atoms with Gasteiger partial charge in [0, 0.05) is 12.1 Å². The van der Waals surface area contributed by atoms with Crippen molar-refractivity contribution < 1.29 is 14.2 Å². The van der Waals surface area contributed by atoms with Gasteiger partial charge in [0.15, 0.2) is 11.6 Å². The van der Waals surface area contributed by atoms with Gasteiger partial charge in [0.1, 0.15) is 5.75 Å². The summed E-state index contributed by atoms with van der Waals surface area (Å²) in [6.45, 7) is 0.777. The lowest BCUT2D eigenvalue weighted by atomic mass is 9.89. The predicted molar refractivity (Wildman–Crippen MR) is 74.6 cm³/mol. The third-order valence-electron chi connectivity index (χ3n) is 3.71. The molecule has 4 heteroatoms. The maximum atomic E-state index is 14.4. The Morgan fingerprint density at radius 3 is 2.90 bits per heavy atom. The molecule has 1 unspecified atom stereocenters. The van der Waals surface area contributed by atoms with E-state index in [0.29, 0.717) is 5.56 Å². The van der Waals surface area contributed by atoms with Crippen molar-refractivity contribution in [2.75, 3.05) is 13.7 Å². The third-order valence-corrected chi connectivity index (χ3v) is 3.71. The summed E-state index contributed by atoms with van der Waals surface area (Å²) in [5.41, 5.74) is 2.59. The first-order valence-electron chi connectivity index (χ1n) is 6.58. The number of ether oxygens (including phenoxy) is 1. The average Bonchev–Trinajstić information content (AvgIpc) is 2.47. The normalized spacial score (nSPS) is 17.6. The van der Waals surface area contributed by atoms with Gasteiger partial charge in [0.25, 0.3) is 0 Å². The van der Waals surface area contributed by atoms with Crippen LogP contribution in [-0.4, -0.2) is 18.8 Å². The molecule has 3 nitrogen and oxygen atoms in total. The summed E-state index contributed by atoms with van der Waals surface area (Å²) in [6.07, 6.45) is 0.873. The van der Waals surface area contributed by atoms with Crippen LogP contribution in [0.3, 0.4) is 0 Å². The van der Waals surface area contributed by atoms with E-state index in [2.05, 4.69) is 5.32 Å². The smallest absolute Gasteiger partial charge is 0.170 e. The van der Waals surface area contributed by atoms with E-state index in [4.69, 9.17) is 4.74 Å². The number of hydrogen-bond donors (Lipinski definition) is 2. The number of rotatable bonds is 2. The lowest BCUT2D eigenvalue weighted by Crippen LogP contribution is -2.31. The van der Waals surface area contributed by atoms with Crippen LogP contribution in [0, 0.1) is 5.82 Å². The first-order valence-corrected chi connectivity index (χ1v) is 6.58. The van der Waals surface area contributed by atoms with E-state index in [1.807, 2.05) is 6.07 Å². The second-order valence-electron chi connectivity index (χ2n) is 4.88. The Labute approximate surface area is 117 Å².